The van der Waals surface area contributed by atoms with Crippen molar-refractivity contribution >= 4 is 11.7 Å². The van der Waals surface area contributed by atoms with Crippen LogP contribution >= 0.6 is 0 Å². The lowest BCUT2D eigenvalue weighted by atomic mass is 9.97. The second-order valence-electron chi connectivity index (χ2n) is 6.36. The van der Waals surface area contributed by atoms with Gasteiger partial charge in [-0.15, -0.1) is 0 Å². The number of aliphatic hydroxyl groups is 3. The first-order chi connectivity index (χ1) is 12.4. The number of carbonyl (C=O) groups excluding carboxylic acids is 1. The third-order valence-electron chi connectivity index (χ3n) is 4.37. The molecule has 2 heterocycles. The summed E-state index contributed by atoms with van der Waals surface area (Å²) < 4.78 is 6.02. The fourth-order valence-electron chi connectivity index (χ4n) is 3.00. The maximum atomic E-state index is 12.3. The van der Waals surface area contributed by atoms with E-state index < -0.39 is 36.8 Å². The fraction of sp³-hybridized carbons (Fsp3) is 0.750. The van der Waals surface area contributed by atoms with Crippen molar-refractivity contribution in [1.29, 1.82) is 0 Å². The van der Waals surface area contributed by atoms with Gasteiger partial charge in [-0.3, -0.25) is 4.79 Å². The molecule has 1 fully saturated rings. The molecule has 1 saturated heterocycles. The lowest BCUT2D eigenvalue weighted by molar-refractivity contribution is -0.120. The summed E-state index contributed by atoms with van der Waals surface area (Å²) in [6.07, 6.45) is -0.651. The van der Waals surface area contributed by atoms with E-state index in [0.29, 0.717) is 0 Å². The Balaban J connectivity index is 2.12. The lowest BCUT2D eigenvalue weighted by Crippen LogP contribution is -2.37. The normalized spacial score (nSPS) is 25.6. The van der Waals surface area contributed by atoms with Crippen LogP contribution in [-0.4, -0.2) is 60.9 Å². The van der Waals surface area contributed by atoms with E-state index in [-0.39, 0.29) is 17.6 Å². The van der Waals surface area contributed by atoms with Crippen LogP contribution in [-0.2, 0) is 9.53 Å². The Kier molecular flexibility index (Phi) is 7.21. The van der Waals surface area contributed by atoms with E-state index in [1.54, 1.807) is 0 Å². The van der Waals surface area contributed by atoms with Gasteiger partial charge in [-0.2, -0.15) is 14.8 Å². The highest BCUT2D eigenvalue weighted by Gasteiger charge is 2.44. The zero-order chi connectivity index (χ0) is 19.3. The first-order valence-corrected chi connectivity index (χ1v) is 8.82. The van der Waals surface area contributed by atoms with E-state index in [1.807, 2.05) is 13.8 Å². The molecule has 1 aromatic heterocycles. The summed E-state index contributed by atoms with van der Waals surface area (Å²) in [4.78, 5) is 28.2. The molecule has 2 unspecified atom stereocenters. The second-order valence-corrected chi connectivity index (χ2v) is 6.36. The van der Waals surface area contributed by atoms with Gasteiger partial charge in [0, 0.05) is 5.92 Å². The number of aliphatic hydroxyl groups excluding tert-OH is 3. The van der Waals surface area contributed by atoms with Gasteiger partial charge in [-0.05, 0) is 12.8 Å². The molecule has 1 amide bonds. The van der Waals surface area contributed by atoms with E-state index in [4.69, 9.17) is 9.84 Å². The SMILES string of the molecule is CCCC(CCC)C(=O)Nc1cnn([C@@H]2O[C@H](CO)C(O)C2O)c(=O)n1. The highest BCUT2D eigenvalue weighted by atomic mass is 16.6. The molecule has 0 radical (unpaired) electrons. The van der Waals surface area contributed by atoms with E-state index in [2.05, 4.69) is 15.4 Å². The number of rotatable bonds is 8. The molecule has 0 aliphatic carbocycles. The van der Waals surface area contributed by atoms with Crippen LogP contribution < -0.4 is 11.0 Å². The molecule has 1 aromatic rings. The van der Waals surface area contributed by atoms with Crippen LogP contribution in [0.1, 0.15) is 45.8 Å². The number of carbonyl (C=O) groups is 1. The largest absolute Gasteiger partial charge is 0.394 e. The van der Waals surface area contributed by atoms with E-state index >= 15 is 0 Å². The first-order valence-electron chi connectivity index (χ1n) is 8.82. The molecule has 4 N–H and O–H groups in total. The Morgan fingerprint density at radius 2 is 1.96 bits per heavy atom. The second kappa shape index (κ2) is 9.17. The van der Waals surface area contributed by atoms with Gasteiger partial charge in [-0.1, -0.05) is 26.7 Å². The highest BCUT2D eigenvalue weighted by Crippen LogP contribution is 2.27. The van der Waals surface area contributed by atoms with Gasteiger partial charge in [-0.25, -0.2) is 4.79 Å². The third kappa shape index (κ3) is 4.44. The van der Waals surface area contributed by atoms with Crippen LogP contribution in [0.15, 0.2) is 11.0 Å². The number of amides is 1. The summed E-state index contributed by atoms with van der Waals surface area (Å²) in [5.41, 5.74) is -0.847. The van der Waals surface area contributed by atoms with Crippen LogP contribution in [0.3, 0.4) is 0 Å². The zero-order valence-electron chi connectivity index (χ0n) is 14.9. The quantitative estimate of drug-likeness (QED) is 0.474. The van der Waals surface area contributed by atoms with Gasteiger partial charge in [0.25, 0.3) is 0 Å². The Labute approximate surface area is 150 Å². The number of hydrogen-bond acceptors (Lipinski definition) is 8. The minimum atomic E-state index is -1.43. The fourth-order valence-corrected chi connectivity index (χ4v) is 3.00. The molecule has 26 heavy (non-hydrogen) atoms. The number of anilines is 1. The number of aromatic nitrogens is 3. The smallest absolute Gasteiger partial charge is 0.368 e. The summed E-state index contributed by atoms with van der Waals surface area (Å²) >= 11 is 0. The van der Waals surface area contributed by atoms with Crippen LogP contribution in [0.4, 0.5) is 5.82 Å². The summed E-state index contributed by atoms with van der Waals surface area (Å²) in [6, 6.07) is 0. The van der Waals surface area contributed by atoms with Crippen molar-refractivity contribution in [3.05, 3.63) is 16.7 Å². The van der Waals surface area contributed by atoms with Crippen LogP contribution in [0.2, 0.25) is 0 Å². The van der Waals surface area contributed by atoms with Gasteiger partial charge in [0.05, 0.1) is 12.8 Å². The average molecular weight is 370 g/mol. The Morgan fingerprint density at radius 3 is 2.46 bits per heavy atom. The molecule has 0 aromatic carbocycles. The standard InChI is InChI=1S/C16H26N4O6/c1-3-5-9(6-4-2)14(24)18-11-7-17-20(16(25)19-11)15-13(23)12(22)10(8-21)26-15/h7,9-10,12-13,15,21-23H,3-6,8H2,1-2H3,(H,18,19,24,25)/t10-,12?,13?,15-/m1/s1. The number of nitrogens with one attached hydrogen (secondary N) is 1. The molecule has 1 aliphatic heterocycles. The predicted molar refractivity (Wildman–Crippen MR) is 91.2 cm³/mol. The van der Waals surface area contributed by atoms with E-state index in [1.165, 1.54) is 6.20 Å². The van der Waals surface area contributed by atoms with Crippen molar-refractivity contribution in [3.63, 3.8) is 0 Å². The summed E-state index contributed by atoms with van der Waals surface area (Å²) in [6.45, 7) is 3.48. The molecule has 146 valence electrons. The van der Waals surface area contributed by atoms with Crippen LogP contribution in [0, 0.1) is 5.92 Å². The summed E-state index contributed by atoms with van der Waals surface area (Å²) in [5.74, 6) is -0.358. The minimum Gasteiger partial charge on any atom is -0.394 e. The molecular weight excluding hydrogens is 344 g/mol. The van der Waals surface area contributed by atoms with Crippen molar-refractivity contribution in [2.24, 2.45) is 5.92 Å². The molecule has 4 atom stereocenters. The number of nitrogens with zero attached hydrogens (tertiary/aromatic N) is 3. The highest BCUT2D eigenvalue weighted by molar-refractivity contribution is 5.91. The Hall–Kier alpha value is -1.88. The minimum absolute atomic E-state index is 0.0141. The lowest BCUT2D eigenvalue weighted by Gasteiger charge is -2.17. The molecule has 0 saturated carbocycles. The van der Waals surface area contributed by atoms with E-state index in [0.717, 1.165) is 30.4 Å². The number of hydrogen-bond donors (Lipinski definition) is 4. The van der Waals surface area contributed by atoms with Crippen molar-refractivity contribution < 1.29 is 24.9 Å². The third-order valence-corrected chi connectivity index (χ3v) is 4.37. The van der Waals surface area contributed by atoms with Crippen LogP contribution in [0.5, 0.6) is 0 Å². The van der Waals surface area contributed by atoms with Crippen molar-refractivity contribution in [3.8, 4) is 0 Å². The maximum Gasteiger partial charge on any atom is 0.368 e. The average Bonchev–Trinajstić information content (AvgIpc) is 2.90. The topological polar surface area (TPSA) is 147 Å². The van der Waals surface area contributed by atoms with E-state index in [9.17, 15) is 19.8 Å². The zero-order valence-corrected chi connectivity index (χ0v) is 14.9. The molecule has 2 rings (SSSR count). The van der Waals surface area contributed by atoms with Gasteiger partial charge < -0.3 is 25.4 Å². The molecular formula is C16H26N4O6. The van der Waals surface area contributed by atoms with Crippen molar-refractivity contribution in [2.45, 2.75) is 64.1 Å². The predicted octanol–water partition coefficient (Wildman–Crippen LogP) is -0.595. The van der Waals surface area contributed by atoms with Gasteiger partial charge in [0.1, 0.15) is 18.3 Å². The van der Waals surface area contributed by atoms with Crippen LogP contribution in [0.25, 0.3) is 0 Å². The summed E-state index contributed by atoms with van der Waals surface area (Å²) in [5, 5.41) is 35.3. The number of ether oxygens (including phenoxy) is 1. The van der Waals surface area contributed by atoms with Gasteiger partial charge in [0.15, 0.2) is 12.0 Å². The molecule has 0 bridgehead atoms. The monoisotopic (exact) mass is 370 g/mol. The molecule has 10 nitrogen and oxygen atoms in total. The molecule has 0 spiro atoms. The molecule has 10 heteroatoms. The van der Waals surface area contributed by atoms with Gasteiger partial charge >= 0.3 is 5.69 Å². The Bertz CT molecular complexity index is 660. The maximum absolute atomic E-state index is 12.3. The summed E-state index contributed by atoms with van der Waals surface area (Å²) in [7, 11) is 0. The van der Waals surface area contributed by atoms with Crippen molar-refractivity contribution in [1.82, 2.24) is 14.8 Å². The van der Waals surface area contributed by atoms with Gasteiger partial charge in [0.2, 0.25) is 5.91 Å². The van der Waals surface area contributed by atoms with Crippen molar-refractivity contribution in [2.75, 3.05) is 11.9 Å². The first kappa shape index (κ1) is 20.4. The molecule has 1 aliphatic rings. The Morgan fingerprint density at radius 1 is 1.31 bits per heavy atom.